The molecule has 0 atom stereocenters. The molecule has 18 heavy (non-hydrogen) atoms. The summed E-state index contributed by atoms with van der Waals surface area (Å²) in [7, 11) is 0. The second-order valence-electron chi connectivity index (χ2n) is 4.13. The number of aliphatic carboxylic acids is 1. The Bertz CT molecular complexity index is 509. The normalized spacial score (nSPS) is 10.2. The zero-order valence-electron chi connectivity index (χ0n) is 9.99. The number of carboxylic acid groups (broad SMARTS) is 1. The van der Waals surface area contributed by atoms with Crippen molar-refractivity contribution in [2.75, 3.05) is 0 Å². The second-order valence-corrected chi connectivity index (χ2v) is 4.13. The molecule has 2 aromatic rings. The van der Waals surface area contributed by atoms with Crippen LogP contribution in [0.15, 0.2) is 49.1 Å². The highest BCUT2D eigenvalue weighted by Gasteiger charge is 2.06. The molecule has 4 heteroatoms. The lowest BCUT2D eigenvalue weighted by Gasteiger charge is -2.01. The number of pyridine rings is 2. The van der Waals surface area contributed by atoms with Crippen molar-refractivity contribution >= 4 is 5.97 Å². The molecular formula is C14H15N2O2+. The highest BCUT2D eigenvalue weighted by atomic mass is 16.4. The summed E-state index contributed by atoms with van der Waals surface area (Å²) in [5.41, 5.74) is 2.46. The van der Waals surface area contributed by atoms with E-state index < -0.39 is 5.97 Å². The van der Waals surface area contributed by atoms with Gasteiger partial charge in [-0.2, -0.15) is 4.57 Å². The van der Waals surface area contributed by atoms with Crippen molar-refractivity contribution in [1.82, 2.24) is 4.98 Å². The fourth-order valence-corrected chi connectivity index (χ4v) is 1.75. The molecule has 0 fully saturated rings. The van der Waals surface area contributed by atoms with Gasteiger partial charge >= 0.3 is 5.97 Å². The molecule has 0 spiro atoms. The largest absolute Gasteiger partial charge is 0.477 e. The third kappa shape index (κ3) is 3.66. The molecule has 0 radical (unpaired) electrons. The van der Waals surface area contributed by atoms with Crippen LogP contribution in [0, 0.1) is 0 Å². The van der Waals surface area contributed by atoms with Crippen LogP contribution in [-0.2, 0) is 24.2 Å². The van der Waals surface area contributed by atoms with E-state index >= 15 is 0 Å². The highest BCUT2D eigenvalue weighted by molar-refractivity contribution is 5.64. The average molecular weight is 243 g/mol. The van der Waals surface area contributed by atoms with E-state index in [1.54, 1.807) is 29.4 Å². The number of hydrogen-bond donors (Lipinski definition) is 1. The summed E-state index contributed by atoms with van der Waals surface area (Å²) in [6, 6.07) is 7.94. The van der Waals surface area contributed by atoms with Crippen molar-refractivity contribution in [2.24, 2.45) is 0 Å². The number of hydrogen-bond acceptors (Lipinski definition) is 2. The SMILES string of the molecule is O=C(O)C[n+]1ccc(CCc2ccncc2)cc1. The molecule has 0 bridgehead atoms. The van der Waals surface area contributed by atoms with Gasteiger partial charge in [0.05, 0.1) is 0 Å². The molecule has 0 unspecified atom stereocenters. The molecule has 0 aromatic carbocycles. The summed E-state index contributed by atoms with van der Waals surface area (Å²) in [6.07, 6.45) is 9.09. The van der Waals surface area contributed by atoms with Gasteiger partial charge in [-0.1, -0.05) is 0 Å². The van der Waals surface area contributed by atoms with Crippen LogP contribution in [0.5, 0.6) is 0 Å². The molecule has 4 nitrogen and oxygen atoms in total. The predicted molar refractivity (Wildman–Crippen MR) is 65.9 cm³/mol. The van der Waals surface area contributed by atoms with Gasteiger partial charge in [0.1, 0.15) is 0 Å². The maximum absolute atomic E-state index is 10.5. The van der Waals surface area contributed by atoms with Gasteiger partial charge in [-0.25, -0.2) is 4.79 Å². The molecule has 0 aliphatic carbocycles. The molecule has 1 N–H and O–H groups in total. The van der Waals surface area contributed by atoms with Gasteiger partial charge in [-0.15, -0.1) is 0 Å². The molecule has 2 aromatic heterocycles. The molecule has 2 heterocycles. The lowest BCUT2D eigenvalue weighted by atomic mass is 10.1. The van der Waals surface area contributed by atoms with Gasteiger partial charge in [0, 0.05) is 24.5 Å². The van der Waals surface area contributed by atoms with Crippen molar-refractivity contribution in [1.29, 1.82) is 0 Å². The summed E-state index contributed by atoms with van der Waals surface area (Å²) in [4.78, 5) is 14.5. The third-order valence-corrected chi connectivity index (χ3v) is 2.73. The fourth-order valence-electron chi connectivity index (χ4n) is 1.75. The van der Waals surface area contributed by atoms with Crippen LogP contribution in [0.3, 0.4) is 0 Å². The second kappa shape index (κ2) is 5.91. The van der Waals surface area contributed by atoms with Crippen molar-refractivity contribution in [2.45, 2.75) is 19.4 Å². The number of carbonyl (C=O) groups is 1. The quantitative estimate of drug-likeness (QED) is 0.804. The van der Waals surface area contributed by atoms with Gasteiger partial charge in [0.2, 0.25) is 6.54 Å². The number of rotatable bonds is 5. The van der Waals surface area contributed by atoms with Crippen molar-refractivity contribution in [3.63, 3.8) is 0 Å². The van der Waals surface area contributed by atoms with Gasteiger partial charge in [0.15, 0.2) is 12.4 Å². The summed E-state index contributed by atoms with van der Waals surface area (Å²) >= 11 is 0. The van der Waals surface area contributed by atoms with Gasteiger partial charge in [-0.3, -0.25) is 4.98 Å². The fraction of sp³-hybridized carbons (Fsp3) is 0.214. The predicted octanol–water partition coefficient (Wildman–Crippen LogP) is 1.24. The Hall–Kier alpha value is -2.23. The molecule has 0 saturated heterocycles. The van der Waals surface area contributed by atoms with E-state index in [2.05, 4.69) is 4.98 Å². The van der Waals surface area contributed by atoms with Crippen molar-refractivity contribution in [3.8, 4) is 0 Å². The Morgan fingerprint density at radius 3 is 2.17 bits per heavy atom. The standard InChI is InChI=1S/C14H14N2O2/c17-14(18)11-16-9-5-13(6-10-16)2-1-12-3-7-15-8-4-12/h3-10H,1-2,11H2/p+1. The Morgan fingerprint density at radius 1 is 1.06 bits per heavy atom. The summed E-state index contributed by atoms with van der Waals surface area (Å²) < 4.78 is 1.65. The highest BCUT2D eigenvalue weighted by Crippen LogP contribution is 2.04. The van der Waals surface area contributed by atoms with Crippen LogP contribution in [0.25, 0.3) is 0 Å². The van der Waals surface area contributed by atoms with E-state index in [0.29, 0.717) is 0 Å². The monoisotopic (exact) mass is 243 g/mol. The van der Waals surface area contributed by atoms with Crippen LogP contribution in [0.2, 0.25) is 0 Å². The minimum absolute atomic E-state index is 0.00460. The first-order valence-corrected chi connectivity index (χ1v) is 5.83. The number of aromatic nitrogens is 2. The number of carboxylic acids is 1. The van der Waals surface area contributed by atoms with Crippen LogP contribution in [-0.4, -0.2) is 16.1 Å². The first-order chi connectivity index (χ1) is 8.74. The van der Waals surface area contributed by atoms with Gasteiger partial charge < -0.3 is 5.11 Å². The molecule has 0 saturated carbocycles. The number of aryl methyl sites for hydroxylation is 2. The Morgan fingerprint density at radius 2 is 1.61 bits per heavy atom. The minimum atomic E-state index is -0.829. The molecule has 92 valence electrons. The molecule has 0 amide bonds. The summed E-state index contributed by atoms with van der Waals surface area (Å²) in [5.74, 6) is -0.829. The maximum atomic E-state index is 10.5. The first kappa shape index (κ1) is 12.2. The van der Waals surface area contributed by atoms with E-state index in [0.717, 1.165) is 12.8 Å². The number of nitrogens with zero attached hydrogens (tertiary/aromatic N) is 2. The molecule has 0 aliphatic heterocycles. The Kier molecular flexibility index (Phi) is 4.02. The lowest BCUT2D eigenvalue weighted by molar-refractivity contribution is -0.685. The summed E-state index contributed by atoms with van der Waals surface area (Å²) in [6.45, 7) is 0.00460. The topological polar surface area (TPSA) is 54.1 Å². The van der Waals surface area contributed by atoms with E-state index in [-0.39, 0.29) is 6.54 Å². The summed E-state index contributed by atoms with van der Waals surface area (Å²) in [5, 5.41) is 8.66. The molecule has 0 aliphatic rings. The first-order valence-electron chi connectivity index (χ1n) is 5.83. The Balaban J connectivity index is 1.92. The van der Waals surface area contributed by atoms with Crippen LogP contribution in [0.4, 0.5) is 0 Å². The minimum Gasteiger partial charge on any atom is -0.477 e. The van der Waals surface area contributed by atoms with Crippen LogP contribution >= 0.6 is 0 Å². The lowest BCUT2D eigenvalue weighted by Crippen LogP contribution is -2.36. The van der Waals surface area contributed by atoms with Crippen molar-refractivity contribution < 1.29 is 14.5 Å². The van der Waals surface area contributed by atoms with Gasteiger partial charge in [-0.05, 0) is 36.1 Å². The van der Waals surface area contributed by atoms with Crippen LogP contribution < -0.4 is 4.57 Å². The molecule has 2 rings (SSSR count). The Labute approximate surface area is 106 Å². The molecular weight excluding hydrogens is 228 g/mol. The van der Waals surface area contributed by atoms with E-state index in [9.17, 15) is 4.79 Å². The van der Waals surface area contributed by atoms with Crippen LogP contribution in [0.1, 0.15) is 11.1 Å². The smallest absolute Gasteiger partial charge is 0.370 e. The zero-order chi connectivity index (χ0) is 12.8. The van der Waals surface area contributed by atoms with E-state index in [1.807, 2.05) is 24.3 Å². The average Bonchev–Trinajstić information content (AvgIpc) is 2.38. The van der Waals surface area contributed by atoms with E-state index in [4.69, 9.17) is 5.11 Å². The third-order valence-electron chi connectivity index (χ3n) is 2.73. The van der Waals surface area contributed by atoms with Gasteiger partial charge in [0.25, 0.3) is 0 Å². The zero-order valence-corrected chi connectivity index (χ0v) is 9.99. The van der Waals surface area contributed by atoms with Crippen molar-refractivity contribution in [3.05, 3.63) is 60.2 Å². The maximum Gasteiger partial charge on any atom is 0.370 e. The van der Waals surface area contributed by atoms with E-state index in [1.165, 1.54) is 11.1 Å².